The standard InChI is InChI=1S/C20H14ClFN4O2/c21-15-6-4-14(5-7-15)19-9-18(25-28-19)20(27)24-17-10-23-26(12-17)11-13-2-1-3-16(22)8-13/h1-10,12H,11H2,(H,24,27). The number of aromatic nitrogens is 3. The van der Waals surface area contributed by atoms with Gasteiger partial charge in [0.25, 0.3) is 5.91 Å². The average Bonchev–Trinajstić information content (AvgIpc) is 3.32. The summed E-state index contributed by atoms with van der Waals surface area (Å²) in [5, 5.41) is 11.3. The van der Waals surface area contributed by atoms with Gasteiger partial charge in [0.05, 0.1) is 18.4 Å². The van der Waals surface area contributed by atoms with Gasteiger partial charge in [-0.15, -0.1) is 0 Å². The molecule has 8 heteroatoms. The highest BCUT2D eigenvalue weighted by Gasteiger charge is 2.15. The van der Waals surface area contributed by atoms with Crippen molar-refractivity contribution in [2.24, 2.45) is 0 Å². The highest BCUT2D eigenvalue weighted by atomic mass is 35.5. The number of carbonyl (C=O) groups excluding carboxylic acids is 1. The van der Waals surface area contributed by atoms with Crippen molar-refractivity contribution in [2.75, 3.05) is 5.32 Å². The lowest BCUT2D eigenvalue weighted by molar-refractivity contribution is 0.101. The maximum Gasteiger partial charge on any atom is 0.277 e. The first-order valence-electron chi connectivity index (χ1n) is 8.38. The molecule has 0 fully saturated rings. The third-order valence-electron chi connectivity index (χ3n) is 4.00. The van der Waals surface area contributed by atoms with E-state index in [4.69, 9.17) is 16.1 Å². The fraction of sp³-hybridized carbons (Fsp3) is 0.0500. The first-order valence-corrected chi connectivity index (χ1v) is 8.75. The molecule has 0 aliphatic carbocycles. The molecule has 0 atom stereocenters. The summed E-state index contributed by atoms with van der Waals surface area (Å²) in [5.41, 5.74) is 2.17. The van der Waals surface area contributed by atoms with Crippen LogP contribution in [-0.4, -0.2) is 20.8 Å². The smallest absolute Gasteiger partial charge is 0.277 e. The van der Waals surface area contributed by atoms with E-state index in [2.05, 4.69) is 15.6 Å². The molecule has 2 heterocycles. The van der Waals surface area contributed by atoms with Gasteiger partial charge in [-0.2, -0.15) is 5.10 Å². The molecule has 0 bridgehead atoms. The Morgan fingerprint density at radius 3 is 2.79 bits per heavy atom. The molecule has 6 nitrogen and oxygen atoms in total. The fourth-order valence-corrected chi connectivity index (χ4v) is 2.79. The maximum atomic E-state index is 13.3. The second kappa shape index (κ2) is 7.66. The highest BCUT2D eigenvalue weighted by Crippen LogP contribution is 2.22. The predicted molar refractivity (Wildman–Crippen MR) is 103 cm³/mol. The number of halogens is 2. The van der Waals surface area contributed by atoms with Crippen LogP contribution in [0.5, 0.6) is 0 Å². The number of nitrogens with one attached hydrogen (secondary N) is 1. The monoisotopic (exact) mass is 396 g/mol. The molecule has 0 spiro atoms. The number of rotatable bonds is 5. The van der Waals surface area contributed by atoms with Gasteiger partial charge < -0.3 is 9.84 Å². The van der Waals surface area contributed by atoms with Crippen molar-refractivity contribution in [2.45, 2.75) is 6.54 Å². The van der Waals surface area contributed by atoms with Gasteiger partial charge in [0.2, 0.25) is 0 Å². The van der Waals surface area contributed by atoms with E-state index in [0.29, 0.717) is 23.0 Å². The summed E-state index contributed by atoms with van der Waals surface area (Å²) in [7, 11) is 0. The Kier molecular flexibility index (Phi) is 4.90. The van der Waals surface area contributed by atoms with Crippen molar-refractivity contribution < 1.29 is 13.7 Å². The van der Waals surface area contributed by atoms with Crippen molar-refractivity contribution in [3.63, 3.8) is 0 Å². The minimum Gasteiger partial charge on any atom is -0.355 e. The van der Waals surface area contributed by atoms with Crippen LogP contribution in [0.25, 0.3) is 11.3 Å². The number of hydrogen-bond acceptors (Lipinski definition) is 4. The Balaban J connectivity index is 1.43. The Labute approximate surface area is 164 Å². The molecule has 2 aromatic heterocycles. The number of anilines is 1. The third kappa shape index (κ3) is 4.10. The molecule has 4 rings (SSSR count). The summed E-state index contributed by atoms with van der Waals surface area (Å²) >= 11 is 5.87. The zero-order valence-electron chi connectivity index (χ0n) is 14.5. The number of nitrogens with zero attached hydrogens (tertiary/aromatic N) is 3. The topological polar surface area (TPSA) is 73.0 Å². The van der Waals surface area contributed by atoms with E-state index in [0.717, 1.165) is 11.1 Å². The number of carbonyl (C=O) groups is 1. The van der Waals surface area contributed by atoms with Crippen LogP contribution in [0.15, 0.2) is 71.5 Å². The maximum absolute atomic E-state index is 13.3. The zero-order valence-corrected chi connectivity index (χ0v) is 15.2. The van der Waals surface area contributed by atoms with Crippen LogP contribution in [0.2, 0.25) is 5.02 Å². The molecular weight excluding hydrogens is 383 g/mol. The lowest BCUT2D eigenvalue weighted by atomic mass is 10.1. The van der Waals surface area contributed by atoms with E-state index in [1.54, 1.807) is 53.3 Å². The van der Waals surface area contributed by atoms with Gasteiger partial charge >= 0.3 is 0 Å². The molecule has 0 saturated heterocycles. The molecule has 4 aromatic rings. The van der Waals surface area contributed by atoms with Gasteiger partial charge in [0.15, 0.2) is 11.5 Å². The average molecular weight is 397 g/mol. The molecule has 1 N–H and O–H groups in total. The minimum atomic E-state index is -0.422. The van der Waals surface area contributed by atoms with Gasteiger partial charge in [-0.1, -0.05) is 28.9 Å². The van der Waals surface area contributed by atoms with Crippen LogP contribution in [-0.2, 0) is 6.54 Å². The van der Waals surface area contributed by atoms with E-state index in [1.807, 2.05) is 0 Å². The van der Waals surface area contributed by atoms with Crippen LogP contribution in [0.4, 0.5) is 10.1 Å². The summed E-state index contributed by atoms with van der Waals surface area (Å²) < 4.78 is 20.1. The summed E-state index contributed by atoms with van der Waals surface area (Å²) in [6.07, 6.45) is 3.17. The van der Waals surface area contributed by atoms with Crippen LogP contribution >= 0.6 is 11.6 Å². The van der Waals surface area contributed by atoms with E-state index in [-0.39, 0.29) is 11.5 Å². The largest absolute Gasteiger partial charge is 0.355 e. The van der Waals surface area contributed by atoms with Gasteiger partial charge in [0, 0.05) is 22.8 Å². The molecule has 0 aliphatic heterocycles. The van der Waals surface area contributed by atoms with E-state index in [9.17, 15) is 9.18 Å². The Bertz CT molecular complexity index is 1120. The van der Waals surface area contributed by atoms with Crippen molar-refractivity contribution in [3.8, 4) is 11.3 Å². The Hall–Kier alpha value is -3.45. The summed E-state index contributed by atoms with van der Waals surface area (Å²) in [6.45, 7) is 0.387. The second-order valence-corrected chi connectivity index (χ2v) is 6.53. The van der Waals surface area contributed by atoms with E-state index >= 15 is 0 Å². The number of benzene rings is 2. The number of hydrogen-bond donors (Lipinski definition) is 1. The van der Waals surface area contributed by atoms with Crippen LogP contribution in [0, 0.1) is 5.82 Å². The zero-order chi connectivity index (χ0) is 19.5. The first kappa shape index (κ1) is 17.9. The summed E-state index contributed by atoms with van der Waals surface area (Å²) in [5.74, 6) is -0.265. The molecule has 0 unspecified atom stereocenters. The van der Waals surface area contributed by atoms with Gasteiger partial charge in [-0.3, -0.25) is 9.48 Å². The van der Waals surface area contributed by atoms with Gasteiger partial charge in [-0.05, 0) is 42.0 Å². The van der Waals surface area contributed by atoms with Gasteiger partial charge in [0.1, 0.15) is 5.82 Å². The lowest BCUT2D eigenvalue weighted by Gasteiger charge is -2.02. The van der Waals surface area contributed by atoms with Crippen molar-refractivity contribution in [1.29, 1.82) is 0 Å². The van der Waals surface area contributed by atoms with Crippen LogP contribution in [0.1, 0.15) is 16.1 Å². The minimum absolute atomic E-state index is 0.142. The Morgan fingerprint density at radius 1 is 1.18 bits per heavy atom. The normalized spacial score (nSPS) is 10.8. The molecule has 0 aliphatic rings. The molecule has 0 radical (unpaired) electrons. The molecule has 1 amide bonds. The molecule has 0 saturated carbocycles. The van der Waals surface area contributed by atoms with Crippen molar-refractivity contribution >= 4 is 23.2 Å². The third-order valence-corrected chi connectivity index (χ3v) is 4.25. The molecule has 2 aromatic carbocycles. The van der Waals surface area contributed by atoms with Crippen molar-refractivity contribution in [1.82, 2.24) is 14.9 Å². The Morgan fingerprint density at radius 2 is 2.00 bits per heavy atom. The molecule has 28 heavy (non-hydrogen) atoms. The first-order chi connectivity index (χ1) is 13.6. The highest BCUT2D eigenvalue weighted by molar-refractivity contribution is 6.30. The molecule has 140 valence electrons. The molecular formula is C20H14ClFN4O2. The predicted octanol–water partition coefficient (Wildman–Crippen LogP) is 4.63. The SMILES string of the molecule is O=C(Nc1cnn(Cc2cccc(F)c2)c1)c1cc(-c2ccc(Cl)cc2)on1. The van der Waals surface area contributed by atoms with E-state index < -0.39 is 5.91 Å². The number of amides is 1. The van der Waals surface area contributed by atoms with Crippen molar-refractivity contribution in [3.05, 3.63) is 89.1 Å². The quantitative estimate of drug-likeness (QED) is 0.533. The van der Waals surface area contributed by atoms with Gasteiger partial charge in [-0.25, -0.2) is 4.39 Å². The summed E-state index contributed by atoms with van der Waals surface area (Å²) in [4.78, 5) is 12.4. The van der Waals surface area contributed by atoms with Crippen LogP contribution < -0.4 is 5.32 Å². The fourth-order valence-electron chi connectivity index (χ4n) is 2.66. The lowest BCUT2D eigenvalue weighted by Crippen LogP contribution is -2.11. The van der Waals surface area contributed by atoms with E-state index in [1.165, 1.54) is 18.3 Å². The second-order valence-electron chi connectivity index (χ2n) is 6.09. The summed E-state index contributed by atoms with van der Waals surface area (Å²) in [6, 6.07) is 14.8. The van der Waals surface area contributed by atoms with Crippen LogP contribution in [0.3, 0.4) is 0 Å².